The van der Waals surface area contributed by atoms with Gasteiger partial charge in [-0.25, -0.2) is 4.98 Å². The van der Waals surface area contributed by atoms with Crippen LogP contribution in [0, 0.1) is 6.92 Å². The summed E-state index contributed by atoms with van der Waals surface area (Å²) >= 11 is 0. The monoisotopic (exact) mass is 353 g/mol. The largest absolute Gasteiger partial charge is 0.459 e. The van der Waals surface area contributed by atoms with Crippen molar-refractivity contribution in [3.63, 3.8) is 0 Å². The van der Waals surface area contributed by atoms with Gasteiger partial charge in [0.25, 0.3) is 11.8 Å². The van der Waals surface area contributed by atoms with Crippen molar-refractivity contribution >= 4 is 17.5 Å². The second-order valence-electron chi connectivity index (χ2n) is 5.95. The summed E-state index contributed by atoms with van der Waals surface area (Å²) in [6, 6.07) is 8.24. The average molecular weight is 353 g/mol. The lowest BCUT2D eigenvalue weighted by Gasteiger charge is -2.15. The first-order chi connectivity index (χ1) is 12.5. The second-order valence-corrected chi connectivity index (χ2v) is 5.95. The van der Waals surface area contributed by atoms with Crippen molar-refractivity contribution in [2.45, 2.75) is 26.4 Å². The van der Waals surface area contributed by atoms with Crippen LogP contribution in [-0.2, 0) is 6.54 Å². The van der Waals surface area contributed by atoms with E-state index in [2.05, 4.69) is 20.7 Å². The zero-order valence-electron chi connectivity index (χ0n) is 14.5. The number of aromatic nitrogens is 3. The molecule has 3 aromatic rings. The number of nitrogens with zero attached hydrogens (tertiary/aromatic N) is 3. The van der Waals surface area contributed by atoms with E-state index in [9.17, 15) is 9.59 Å². The zero-order valence-corrected chi connectivity index (χ0v) is 14.5. The number of benzene rings is 1. The first-order valence-corrected chi connectivity index (χ1v) is 8.11. The minimum Gasteiger partial charge on any atom is -0.459 e. The molecular formula is C18H19N5O3. The van der Waals surface area contributed by atoms with Crippen molar-refractivity contribution in [3.05, 3.63) is 66.1 Å². The summed E-state index contributed by atoms with van der Waals surface area (Å²) in [5, 5.41) is 9.68. The van der Waals surface area contributed by atoms with Crippen LogP contribution >= 0.6 is 0 Å². The summed E-state index contributed by atoms with van der Waals surface area (Å²) in [5.41, 5.74) is 1.86. The highest BCUT2D eigenvalue weighted by atomic mass is 16.3. The van der Waals surface area contributed by atoms with Gasteiger partial charge >= 0.3 is 0 Å². The Bertz CT molecular complexity index is 888. The average Bonchev–Trinajstić information content (AvgIpc) is 3.30. The molecular weight excluding hydrogens is 334 g/mol. The summed E-state index contributed by atoms with van der Waals surface area (Å²) in [7, 11) is 0. The molecule has 1 atom stereocenters. The predicted octanol–water partition coefficient (Wildman–Crippen LogP) is 2.25. The Kier molecular flexibility index (Phi) is 5.12. The molecule has 0 aliphatic rings. The van der Waals surface area contributed by atoms with Crippen molar-refractivity contribution in [1.29, 1.82) is 0 Å². The molecule has 26 heavy (non-hydrogen) atoms. The molecule has 0 aliphatic carbocycles. The van der Waals surface area contributed by atoms with E-state index in [-0.39, 0.29) is 23.6 Å². The van der Waals surface area contributed by atoms with Gasteiger partial charge in [-0.1, -0.05) is 6.07 Å². The Balaban J connectivity index is 1.68. The minimum atomic E-state index is -0.366. The van der Waals surface area contributed by atoms with Gasteiger partial charge in [-0.3, -0.25) is 14.3 Å². The molecule has 8 heteroatoms. The van der Waals surface area contributed by atoms with Crippen molar-refractivity contribution < 1.29 is 14.0 Å². The number of anilines is 1. The van der Waals surface area contributed by atoms with E-state index < -0.39 is 0 Å². The lowest BCUT2D eigenvalue weighted by molar-refractivity contribution is 0.0934. The third-order valence-corrected chi connectivity index (χ3v) is 3.80. The fourth-order valence-electron chi connectivity index (χ4n) is 2.45. The van der Waals surface area contributed by atoms with Gasteiger partial charge in [-0.05, 0) is 43.7 Å². The van der Waals surface area contributed by atoms with Crippen LogP contribution < -0.4 is 10.6 Å². The number of carbonyl (C=O) groups is 2. The van der Waals surface area contributed by atoms with Gasteiger partial charge in [0.05, 0.1) is 12.8 Å². The molecule has 2 N–H and O–H groups in total. The maximum atomic E-state index is 12.5. The summed E-state index contributed by atoms with van der Waals surface area (Å²) in [4.78, 5) is 28.5. The van der Waals surface area contributed by atoms with Gasteiger partial charge in [0.15, 0.2) is 5.76 Å². The summed E-state index contributed by atoms with van der Waals surface area (Å²) in [6.07, 6.45) is 4.47. The SMILES string of the molecule is Cc1ccc(C(=O)NC(C)Cn2cncn2)cc1NC(=O)c1ccco1. The third kappa shape index (κ3) is 4.15. The van der Waals surface area contributed by atoms with Crippen LogP contribution in [0.3, 0.4) is 0 Å². The van der Waals surface area contributed by atoms with E-state index in [0.29, 0.717) is 17.8 Å². The smallest absolute Gasteiger partial charge is 0.291 e. The van der Waals surface area contributed by atoms with Gasteiger partial charge in [0.1, 0.15) is 12.7 Å². The molecule has 134 valence electrons. The van der Waals surface area contributed by atoms with Gasteiger partial charge < -0.3 is 15.1 Å². The molecule has 0 radical (unpaired) electrons. The molecule has 3 rings (SSSR count). The highest BCUT2D eigenvalue weighted by molar-refractivity contribution is 6.03. The summed E-state index contributed by atoms with van der Waals surface area (Å²) < 4.78 is 6.73. The second kappa shape index (κ2) is 7.64. The van der Waals surface area contributed by atoms with Crippen LogP contribution in [0.4, 0.5) is 5.69 Å². The van der Waals surface area contributed by atoms with Gasteiger partial charge in [-0.15, -0.1) is 0 Å². The Morgan fingerprint density at radius 1 is 1.27 bits per heavy atom. The fraction of sp³-hybridized carbons (Fsp3) is 0.222. The molecule has 2 aromatic heterocycles. The molecule has 1 aromatic carbocycles. The minimum absolute atomic E-state index is 0.133. The number of aryl methyl sites for hydroxylation is 1. The van der Waals surface area contributed by atoms with E-state index in [0.717, 1.165) is 5.56 Å². The van der Waals surface area contributed by atoms with Crippen molar-refractivity contribution in [2.24, 2.45) is 0 Å². The maximum Gasteiger partial charge on any atom is 0.291 e. The topological polar surface area (TPSA) is 102 Å². The lowest BCUT2D eigenvalue weighted by atomic mass is 10.1. The number of nitrogens with one attached hydrogen (secondary N) is 2. The van der Waals surface area contributed by atoms with Crippen molar-refractivity contribution in [3.8, 4) is 0 Å². The van der Waals surface area contributed by atoms with E-state index in [1.54, 1.807) is 41.3 Å². The highest BCUT2D eigenvalue weighted by Gasteiger charge is 2.14. The van der Waals surface area contributed by atoms with Crippen LogP contribution in [0.15, 0.2) is 53.7 Å². The van der Waals surface area contributed by atoms with Gasteiger partial charge in [0, 0.05) is 17.3 Å². The number of furan rings is 1. The number of hydrogen-bond acceptors (Lipinski definition) is 5. The summed E-state index contributed by atoms with van der Waals surface area (Å²) in [6.45, 7) is 4.25. The lowest BCUT2D eigenvalue weighted by Crippen LogP contribution is -2.35. The first-order valence-electron chi connectivity index (χ1n) is 8.11. The highest BCUT2D eigenvalue weighted by Crippen LogP contribution is 2.18. The van der Waals surface area contributed by atoms with Gasteiger partial charge in [0.2, 0.25) is 0 Å². The van der Waals surface area contributed by atoms with Crippen LogP contribution in [0.2, 0.25) is 0 Å². The molecule has 2 heterocycles. The Morgan fingerprint density at radius 3 is 2.81 bits per heavy atom. The normalized spacial score (nSPS) is 11.8. The molecule has 0 spiro atoms. The Labute approximate surface area is 150 Å². The maximum absolute atomic E-state index is 12.5. The zero-order chi connectivity index (χ0) is 18.5. The van der Waals surface area contributed by atoms with Crippen LogP contribution in [0.25, 0.3) is 0 Å². The first kappa shape index (κ1) is 17.4. The number of carbonyl (C=O) groups excluding carboxylic acids is 2. The van der Waals surface area contributed by atoms with Crippen molar-refractivity contribution in [1.82, 2.24) is 20.1 Å². The predicted molar refractivity (Wildman–Crippen MR) is 94.8 cm³/mol. The van der Waals surface area contributed by atoms with Crippen LogP contribution in [-0.4, -0.2) is 32.6 Å². The number of hydrogen-bond donors (Lipinski definition) is 2. The Hall–Kier alpha value is -3.42. The molecule has 0 saturated carbocycles. The van der Waals surface area contributed by atoms with Crippen LogP contribution in [0.1, 0.15) is 33.4 Å². The van der Waals surface area contributed by atoms with E-state index >= 15 is 0 Å². The molecule has 2 amide bonds. The Morgan fingerprint density at radius 2 is 2.12 bits per heavy atom. The van der Waals surface area contributed by atoms with Crippen molar-refractivity contribution in [2.75, 3.05) is 5.32 Å². The standard InChI is InChI=1S/C18H19N5O3/c1-12-5-6-14(8-15(12)22-18(25)16-4-3-7-26-16)17(24)21-13(2)9-23-11-19-10-20-23/h3-8,10-11,13H,9H2,1-2H3,(H,21,24)(H,22,25). The third-order valence-electron chi connectivity index (χ3n) is 3.80. The molecule has 0 aliphatic heterocycles. The number of amides is 2. The molecule has 8 nitrogen and oxygen atoms in total. The van der Waals surface area contributed by atoms with Crippen LogP contribution in [0.5, 0.6) is 0 Å². The van der Waals surface area contributed by atoms with E-state index in [4.69, 9.17) is 4.42 Å². The molecule has 1 unspecified atom stereocenters. The fourth-order valence-corrected chi connectivity index (χ4v) is 2.45. The quantitative estimate of drug-likeness (QED) is 0.708. The molecule has 0 bridgehead atoms. The number of rotatable bonds is 6. The molecule has 0 fully saturated rings. The van der Waals surface area contributed by atoms with E-state index in [1.807, 2.05) is 13.8 Å². The van der Waals surface area contributed by atoms with E-state index in [1.165, 1.54) is 12.6 Å². The molecule has 0 saturated heterocycles. The van der Waals surface area contributed by atoms with Gasteiger partial charge in [-0.2, -0.15) is 5.10 Å². The summed E-state index contributed by atoms with van der Waals surface area (Å²) in [5.74, 6) is -0.387.